The lowest BCUT2D eigenvalue weighted by Crippen LogP contribution is -2.39. The van der Waals surface area contributed by atoms with Crippen LogP contribution in [0.4, 0.5) is 0 Å². The highest BCUT2D eigenvalue weighted by atomic mass is 79.9. The van der Waals surface area contributed by atoms with Gasteiger partial charge < -0.3 is 10.1 Å². The number of hydrogen-bond donors (Lipinski definition) is 1. The number of aromatic nitrogens is 1. The Kier molecular flexibility index (Phi) is 6.23. The molecule has 1 N–H and O–H groups in total. The average molecular weight is 384 g/mol. The molecule has 5 nitrogen and oxygen atoms in total. The molecule has 2 rings (SSSR count). The van der Waals surface area contributed by atoms with Crippen LogP contribution >= 0.6 is 27.3 Å². The van der Waals surface area contributed by atoms with E-state index in [9.17, 15) is 9.59 Å². The van der Waals surface area contributed by atoms with Crippen molar-refractivity contribution in [3.05, 3.63) is 50.9 Å². The van der Waals surface area contributed by atoms with Crippen molar-refractivity contribution < 1.29 is 18.9 Å². The molecule has 0 atom stereocenters. The predicted octanol–water partition coefficient (Wildman–Crippen LogP) is 2.06. The quantitative estimate of drug-likeness (QED) is 0.452. The first-order chi connectivity index (χ1) is 10.6. The van der Waals surface area contributed by atoms with Gasteiger partial charge in [-0.1, -0.05) is 6.07 Å². The lowest BCUT2D eigenvalue weighted by atomic mass is 10.2. The molecule has 0 aliphatic heterocycles. The largest absolute Gasteiger partial charge is 0.383 e. The molecule has 2 aromatic rings. The van der Waals surface area contributed by atoms with Crippen molar-refractivity contribution in [3.63, 3.8) is 0 Å². The second kappa shape index (κ2) is 8.17. The summed E-state index contributed by atoms with van der Waals surface area (Å²) in [6, 6.07) is 5.36. The lowest BCUT2D eigenvalue weighted by molar-refractivity contribution is -0.683. The Labute approximate surface area is 141 Å². The summed E-state index contributed by atoms with van der Waals surface area (Å²) in [5, 5.41) is 4.62. The van der Waals surface area contributed by atoms with Gasteiger partial charge in [0, 0.05) is 13.7 Å². The number of Topliss-reactive ketones (excluding diaryl/α,β-unsaturated/α-hetero) is 1. The molecule has 0 aromatic carbocycles. The van der Waals surface area contributed by atoms with Crippen molar-refractivity contribution in [3.8, 4) is 0 Å². The van der Waals surface area contributed by atoms with Gasteiger partial charge in [-0.3, -0.25) is 9.59 Å². The number of carbonyl (C=O) groups is 2. The van der Waals surface area contributed by atoms with E-state index >= 15 is 0 Å². The number of thiophene rings is 1. The first kappa shape index (κ1) is 16.8. The number of nitrogens with zero attached hydrogens (tertiary/aromatic N) is 1. The summed E-state index contributed by atoms with van der Waals surface area (Å²) >= 11 is 4.78. The molecule has 0 aliphatic rings. The fourth-order valence-corrected chi connectivity index (χ4v) is 3.03. The molecule has 7 heteroatoms. The second-order valence-corrected chi connectivity index (χ2v) is 6.43. The van der Waals surface area contributed by atoms with Gasteiger partial charge in [0.05, 0.1) is 16.0 Å². The minimum Gasteiger partial charge on any atom is -0.383 e. The minimum absolute atomic E-state index is 0.0174. The molecule has 2 heterocycles. The van der Waals surface area contributed by atoms with Gasteiger partial charge in [0.2, 0.25) is 12.3 Å². The van der Waals surface area contributed by atoms with Crippen molar-refractivity contribution in [2.45, 2.75) is 6.54 Å². The molecule has 116 valence electrons. The summed E-state index contributed by atoms with van der Waals surface area (Å²) in [5.74, 6) is -0.181. The zero-order chi connectivity index (χ0) is 15.9. The molecule has 0 unspecified atom stereocenters. The van der Waals surface area contributed by atoms with E-state index in [4.69, 9.17) is 4.74 Å². The van der Waals surface area contributed by atoms with Gasteiger partial charge in [0.15, 0.2) is 12.4 Å². The molecular weight excluding hydrogens is 368 g/mol. The summed E-state index contributed by atoms with van der Waals surface area (Å²) in [6.45, 7) is 1.09. The number of nitrogens with one attached hydrogen (secondary N) is 1. The SMILES string of the molecule is COCCNC(=O)c1cc(Br)c[n+](CC(=O)c2cccs2)c1. The minimum atomic E-state index is -0.198. The Hall–Kier alpha value is -1.57. The van der Waals surface area contributed by atoms with E-state index in [-0.39, 0.29) is 18.2 Å². The fraction of sp³-hybridized carbons (Fsp3) is 0.267. The van der Waals surface area contributed by atoms with Crippen LogP contribution in [0.2, 0.25) is 0 Å². The summed E-state index contributed by atoms with van der Waals surface area (Å²) in [6.07, 6.45) is 3.44. The molecular formula is C15H16BrN2O3S+. The fourth-order valence-electron chi connectivity index (χ4n) is 1.86. The molecule has 0 fully saturated rings. The number of ketones is 1. The Morgan fingerprint density at radius 2 is 2.23 bits per heavy atom. The third-order valence-corrected chi connectivity index (χ3v) is 4.21. The number of hydrogen-bond acceptors (Lipinski definition) is 4. The standard InChI is InChI=1S/C15H15BrN2O3S/c1-21-5-4-17-15(20)11-7-12(16)9-18(8-11)10-13(19)14-3-2-6-22-14/h2-3,6-9H,4-5,10H2,1H3/p+1. The number of amides is 1. The molecule has 22 heavy (non-hydrogen) atoms. The molecule has 0 bridgehead atoms. The molecule has 1 amide bonds. The van der Waals surface area contributed by atoms with Crippen molar-refractivity contribution in [1.29, 1.82) is 0 Å². The van der Waals surface area contributed by atoms with Gasteiger partial charge in [-0.15, -0.1) is 11.3 Å². The molecule has 0 radical (unpaired) electrons. The summed E-state index contributed by atoms with van der Waals surface area (Å²) in [5.41, 5.74) is 0.490. The van der Waals surface area contributed by atoms with E-state index in [1.807, 2.05) is 11.4 Å². The first-order valence-corrected chi connectivity index (χ1v) is 8.31. The van der Waals surface area contributed by atoms with Crippen LogP contribution in [0.25, 0.3) is 0 Å². The van der Waals surface area contributed by atoms with E-state index in [0.717, 1.165) is 4.47 Å². The van der Waals surface area contributed by atoms with Crippen LogP contribution in [-0.2, 0) is 11.3 Å². The number of halogens is 1. The number of pyridine rings is 1. The van der Waals surface area contributed by atoms with Crippen LogP contribution in [0.5, 0.6) is 0 Å². The third kappa shape index (κ3) is 4.72. The van der Waals surface area contributed by atoms with E-state index in [2.05, 4.69) is 21.2 Å². The van der Waals surface area contributed by atoms with E-state index < -0.39 is 0 Å². The molecule has 0 aliphatic carbocycles. The zero-order valence-electron chi connectivity index (χ0n) is 12.0. The maximum absolute atomic E-state index is 12.1. The zero-order valence-corrected chi connectivity index (χ0v) is 14.4. The summed E-state index contributed by atoms with van der Waals surface area (Å²) < 4.78 is 7.34. The monoisotopic (exact) mass is 383 g/mol. The van der Waals surface area contributed by atoms with E-state index in [1.54, 1.807) is 36.2 Å². The maximum atomic E-state index is 12.1. The van der Waals surface area contributed by atoms with Crippen LogP contribution in [-0.4, -0.2) is 32.0 Å². The summed E-state index contributed by atoms with van der Waals surface area (Å²) in [4.78, 5) is 24.9. The van der Waals surface area contributed by atoms with Gasteiger partial charge in [-0.25, -0.2) is 0 Å². The van der Waals surface area contributed by atoms with Crippen LogP contribution in [0.15, 0.2) is 40.4 Å². The summed E-state index contributed by atoms with van der Waals surface area (Å²) in [7, 11) is 1.58. The van der Waals surface area contributed by atoms with Gasteiger partial charge in [0.25, 0.3) is 5.91 Å². The van der Waals surface area contributed by atoms with Crippen molar-refractivity contribution in [1.82, 2.24) is 5.32 Å². The van der Waals surface area contributed by atoms with Gasteiger partial charge in [-0.05, 0) is 33.4 Å². The van der Waals surface area contributed by atoms with Crippen LogP contribution in [0.3, 0.4) is 0 Å². The van der Waals surface area contributed by atoms with Gasteiger partial charge >= 0.3 is 0 Å². The Morgan fingerprint density at radius 3 is 2.91 bits per heavy atom. The Bertz CT molecular complexity index is 659. The third-order valence-electron chi connectivity index (χ3n) is 2.86. The van der Waals surface area contributed by atoms with E-state index in [1.165, 1.54) is 11.3 Å². The molecule has 0 saturated carbocycles. The topological polar surface area (TPSA) is 59.3 Å². The van der Waals surface area contributed by atoms with Crippen LogP contribution in [0, 0.1) is 0 Å². The molecule has 0 spiro atoms. The Balaban J connectivity index is 2.09. The van der Waals surface area contributed by atoms with Crippen LogP contribution < -0.4 is 9.88 Å². The van der Waals surface area contributed by atoms with E-state index in [0.29, 0.717) is 23.6 Å². The molecule has 0 saturated heterocycles. The highest BCUT2D eigenvalue weighted by Gasteiger charge is 2.17. The first-order valence-electron chi connectivity index (χ1n) is 6.63. The lowest BCUT2D eigenvalue weighted by Gasteiger charge is -2.04. The Morgan fingerprint density at radius 1 is 1.41 bits per heavy atom. The van der Waals surface area contributed by atoms with Crippen molar-refractivity contribution >= 4 is 39.0 Å². The highest BCUT2D eigenvalue weighted by Crippen LogP contribution is 2.11. The molecule has 2 aromatic heterocycles. The smallest absolute Gasteiger partial charge is 0.257 e. The van der Waals surface area contributed by atoms with Crippen LogP contribution in [0.1, 0.15) is 20.0 Å². The number of methoxy groups -OCH3 is 1. The average Bonchev–Trinajstić information content (AvgIpc) is 3.01. The predicted molar refractivity (Wildman–Crippen MR) is 87.2 cm³/mol. The maximum Gasteiger partial charge on any atom is 0.257 e. The van der Waals surface area contributed by atoms with Gasteiger partial charge in [0.1, 0.15) is 5.56 Å². The highest BCUT2D eigenvalue weighted by molar-refractivity contribution is 9.10. The van der Waals surface area contributed by atoms with Gasteiger partial charge in [-0.2, -0.15) is 4.57 Å². The normalized spacial score (nSPS) is 10.5. The van der Waals surface area contributed by atoms with Crippen molar-refractivity contribution in [2.24, 2.45) is 0 Å². The van der Waals surface area contributed by atoms with Crippen molar-refractivity contribution in [2.75, 3.05) is 20.3 Å². The number of carbonyl (C=O) groups excluding carboxylic acids is 2. The number of rotatable bonds is 7. The second-order valence-electron chi connectivity index (χ2n) is 4.56. The number of ether oxygens (including phenoxy) is 1.